The van der Waals surface area contributed by atoms with Crippen molar-refractivity contribution in [3.8, 4) is 22.3 Å². The van der Waals surface area contributed by atoms with Gasteiger partial charge in [0.15, 0.2) is 0 Å². The molecule has 4 heteroatoms. The second-order valence-electron chi connectivity index (χ2n) is 31.0. The highest BCUT2D eigenvalue weighted by Crippen LogP contribution is 2.54. The standard InChI is InChI=1S/C88H86N4/c1-51-43-63(44-52(2)55(51)5)89(75-39-35-61(87(13,14)15)47-69(75)57-27-31-59(32-28-57)85(7,8)9)77-41-37-65-71-49-80-72(50-79(71)91-73-25-21-19-23-67(73)81(77)83(65)91)66-38-42-78(82-68-24-20-22-26-74(68)92(80)84(66)82)90(64-45-53(3)56(6)54(4)46-64)76-40-36-62(88(16,17)18)48-70(76)58-29-33-60(34-30-58)86(10,11)12/h19-50H,1-18H3. The van der Waals surface area contributed by atoms with Gasteiger partial charge in [-0.25, -0.2) is 0 Å². The van der Waals surface area contributed by atoms with Crippen molar-refractivity contribution in [1.82, 2.24) is 8.80 Å². The lowest BCUT2D eigenvalue weighted by molar-refractivity contribution is 0.589. The third-order valence-corrected chi connectivity index (χ3v) is 20.9. The van der Waals surface area contributed by atoms with E-state index in [0.29, 0.717) is 0 Å². The zero-order chi connectivity index (χ0) is 64.6. The van der Waals surface area contributed by atoms with Crippen molar-refractivity contribution in [2.24, 2.45) is 0 Å². The SMILES string of the molecule is Cc1cc(N(c2ccc(C(C)(C)C)cc2-c2ccc(C(C)(C)C)cc2)c2ccc3c4cc5c(cc4n4c6ccccc6c2c34)c2ccc(N(c3cc(C)c(C)c(C)c3)c3ccc(C(C)(C)C)cc3-c3ccc(C(C)(C)C)cc3)c3c4ccccc4n5c23)cc(C)c1C. The van der Waals surface area contributed by atoms with E-state index in [9.17, 15) is 0 Å². The lowest BCUT2D eigenvalue weighted by Crippen LogP contribution is -2.15. The van der Waals surface area contributed by atoms with Gasteiger partial charge in [0.05, 0.1) is 55.8 Å². The van der Waals surface area contributed by atoms with Gasteiger partial charge in [0, 0.05) is 65.6 Å². The van der Waals surface area contributed by atoms with Gasteiger partial charge in [0.25, 0.3) is 0 Å². The van der Waals surface area contributed by atoms with E-state index in [1.54, 1.807) is 0 Å². The van der Waals surface area contributed by atoms with Crippen LogP contribution in [0.15, 0.2) is 194 Å². The number of aryl methyl sites for hydroxylation is 4. The topological polar surface area (TPSA) is 15.3 Å². The van der Waals surface area contributed by atoms with Gasteiger partial charge in [-0.3, -0.25) is 0 Å². The van der Waals surface area contributed by atoms with Crippen molar-refractivity contribution < 1.29 is 0 Å². The first-order valence-corrected chi connectivity index (χ1v) is 33.2. The Bertz CT molecular complexity index is 5090. The minimum absolute atomic E-state index is 0.0333. The molecule has 458 valence electrons. The van der Waals surface area contributed by atoms with Crippen LogP contribution in [0.4, 0.5) is 34.1 Å². The Morgan fingerprint density at radius 1 is 0.272 bits per heavy atom. The van der Waals surface area contributed by atoms with Crippen LogP contribution in [0, 0.1) is 41.5 Å². The first-order chi connectivity index (χ1) is 43.6. The smallest absolute Gasteiger partial charge is 0.0641 e. The van der Waals surface area contributed by atoms with E-state index in [1.807, 2.05) is 0 Å². The van der Waals surface area contributed by atoms with E-state index in [2.05, 4.69) is 337 Å². The fourth-order valence-electron chi connectivity index (χ4n) is 15.1. The second-order valence-corrected chi connectivity index (χ2v) is 31.0. The zero-order valence-electron chi connectivity index (χ0n) is 57.3. The van der Waals surface area contributed by atoms with Crippen molar-refractivity contribution in [1.29, 1.82) is 0 Å². The Balaban J connectivity index is 1.000. The average molecular weight is 1200 g/mol. The highest BCUT2D eigenvalue weighted by molar-refractivity contribution is 6.32. The largest absolute Gasteiger partial charge is 0.309 e. The monoisotopic (exact) mass is 1200 g/mol. The molecular weight excluding hydrogens is 1110 g/mol. The lowest BCUT2D eigenvalue weighted by Gasteiger charge is -2.31. The summed E-state index contributed by atoms with van der Waals surface area (Å²) in [5, 5.41) is 9.97. The number of fused-ring (bicyclic) bond motifs is 12. The molecule has 0 bridgehead atoms. The van der Waals surface area contributed by atoms with Gasteiger partial charge in [-0.15, -0.1) is 0 Å². The van der Waals surface area contributed by atoms with Crippen molar-refractivity contribution in [2.45, 2.75) is 146 Å². The molecule has 0 saturated heterocycles. The first kappa shape index (κ1) is 59.0. The van der Waals surface area contributed by atoms with Crippen molar-refractivity contribution in [2.75, 3.05) is 9.80 Å². The van der Waals surface area contributed by atoms with Gasteiger partial charge in [0.2, 0.25) is 0 Å². The number of anilines is 6. The number of para-hydroxylation sites is 2. The predicted octanol–water partition coefficient (Wildman–Crippen LogP) is 25.3. The molecule has 15 rings (SSSR count). The van der Waals surface area contributed by atoms with Crippen LogP contribution in [-0.2, 0) is 21.7 Å². The Hall–Kier alpha value is -9.38. The molecule has 4 heterocycles. The summed E-state index contributed by atoms with van der Waals surface area (Å²) < 4.78 is 5.19. The van der Waals surface area contributed by atoms with Gasteiger partial charge >= 0.3 is 0 Å². The van der Waals surface area contributed by atoms with Crippen LogP contribution in [-0.4, -0.2) is 8.80 Å². The molecule has 0 unspecified atom stereocenters. The maximum absolute atomic E-state index is 2.59. The summed E-state index contributed by atoms with van der Waals surface area (Å²) >= 11 is 0. The van der Waals surface area contributed by atoms with Crippen LogP contribution in [0.1, 0.15) is 139 Å². The van der Waals surface area contributed by atoms with Crippen molar-refractivity contribution in [3.63, 3.8) is 0 Å². The Kier molecular flexibility index (Phi) is 13.2. The molecule has 4 aromatic heterocycles. The minimum atomic E-state index is -0.0575. The molecule has 0 spiro atoms. The molecule has 0 amide bonds. The molecule has 0 saturated carbocycles. The van der Waals surface area contributed by atoms with E-state index in [0.717, 1.165) is 34.1 Å². The number of nitrogens with zero attached hydrogens (tertiary/aromatic N) is 4. The highest BCUT2D eigenvalue weighted by Gasteiger charge is 2.32. The molecule has 0 aliphatic rings. The van der Waals surface area contributed by atoms with Gasteiger partial charge < -0.3 is 18.6 Å². The summed E-state index contributed by atoms with van der Waals surface area (Å²) in [5.41, 5.74) is 32.1. The number of rotatable bonds is 8. The summed E-state index contributed by atoms with van der Waals surface area (Å²) in [6.07, 6.45) is 0. The molecule has 0 aliphatic carbocycles. The summed E-state index contributed by atoms with van der Waals surface area (Å²) in [6.45, 7) is 41.4. The quantitative estimate of drug-likeness (QED) is 0.151. The molecule has 15 aromatic rings. The maximum atomic E-state index is 2.59. The Morgan fingerprint density at radius 3 is 0.924 bits per heavy atom. The third kappa shape index (κ3) is 9.13. The summed E-state index contributed by atoms with van der Waals surface area (Å²) in [5.74, 6) is 0. The van der Waals surface area contributed by atoms with E-state index in [4.69, 9.17) is 0 Å². The lowest BCUT2D eigenvalue weighted by atomic mass is 9.83. The van der Waals surface area contributed by atoms with E-state index < -0.39 is 0 Å². The van der Waals surface area contributed by atoms with E-state index in [-0.39, 0.29) is 21.7 Å². The second kappa shape index (κ2) is 20.6. The zero-order valence-corrected chi connectivity index (χ0v) is 57.3. The Morgan fingerprint density at radius 2 is 0.587 bits per heavy atom. The molecule has 0 aliphatic heterocycles. The van der Waals surface area contributed by atoms with E-state index >= 15 is 0 Å². The van der Waals surface area contributed by atoms with Crippen LogP contribution in [0.25, 0.3) is 98.4 Å². The molecule has 92 heavy (non-hydrogen) atoms. The normalized spacial score (nSPS) is 12.9. The predicted molar refractivity (Wildman–Crippen MR) is 399 cm³/mol. The Labute approximate surface area is 544 Å². The molecular formula is C88H86N4. The third-order valence-electron chi connectivity index (χ3n) is 20.9. The highest BCUT2D eigenvalue weighted by atomic mass is 15.2. The summed E-state index contributed by atoms with van der Waals surface area (Å²) in [7, 11) is 0. The van der Waals surface area contributed by atoms with Crippen LogP contribution >= 0.6 is 0 Å². The van der Waals surface area contributed by atoms with Gasteiger partial charge in [-0.05, 0) is 215 Å². The molecule has 0 atom stereocenters. The fourth-order valence-corrected chi connectivity index (χ4v) is 15.1. The first-order valence-electron chi connectivity index (χ1n) is 33.2. The molecule has 0 N–H and O–H groups in total. The molecule has 11 aromatic carbocycles. The fraction of sp³-hybridized carbons (Fsp3) is 0.250. The maximum Gasteiger partial charge on any atom is 0.0641 e. The van der Waals surface area contributed by atoms with Gasteiger partial charge in [-0.2, -0.15) is 0 Å². The van der Waals surface area contributed by atoms with Crippen molar-refractivity contribution >= 4 is 110 Å². The minimum Gasteiger partial charge on any atom is -0.309 e. The van der Waals surface area contributed by atoms with Crippen LogP contribution < -0.4 is 9.80 Å². The average Bonchev–Trinajstić information content (AvgIpc) is 1.51. The summed E-state index contributed by atoms with van der Waals surface area (Å²) in [6, 6.07) is 75.9. The van der Waals surface area contributed by atoms with Crippen LogP contribution in [0.5, 0.6) is 0 Å². The van der Waals surface area contributed by atoms with Gasteiger partial charge in [-0.1, -0.05) is 192 Å². The number of aromatic nitrogens is 2. The van der Waals surface area contributed by atoms with Gasteiger partial charge in [0.1, 0.15) is 0 Å². The summed E-state index contributed by atoms with van der Waals surface area (Å²) in [4.78, 5) is 5.17. The van der Waals surface area contributed by atoms with Crippen LogP contribution in [0.2, 0.25) is 0 Å². The van der Waals surface area contributed by atoms with Crippen molar-refractivity contribution in [3.05, 3.63) is 250 Å². The molecule has 4 nitrogen and oxygen atoms in total. The number of hydrogen-bond donors (Lipinski definition) is 0. The molecule has 0 radical (unpaired) electrons. The number of benzene rings is 11. The number of hydrogen-bond acceptors (Lipinski definition) is 2. The van der Waals surface area contributed by atoms with E-state index in [1.165, 1.54) is 154 Å². The molecule has 0 fully saturated rings. The van der Waals surface area contributed by atoms with Crippen LogP contribution in [0.3, 0.4) is 0 Å².